The lowest BCUT2D eigenvalue weighted by Crippen LogP contribution is -2.00. The van der Waals surface area contributed by atoms with Gasteiger partial charge in [-0.15, -0.1) is 0 Å². The van der Waals surface area contributed by atoms with Gasteiger partial charge in [-0.05, 0) is 30.0 Å². The molecule has 3 heteroatoms. The summed E-state index contributed by atoms with van der Waals surface area (Å²) >= 11 is 3.47. The molecule has 0 amide bonds. The summed E-state index contributed by atoms with van der Waals surface area (Å²) in [7, 11) is 0. The number of benzene rings is 1. The van der Waals surface area contributed by atoms with Crippen LogP contribution in [0, 0.1) is 5.92 Å². The van der Waals surface area contributed by atoms with Crippen molar-refractivity contribution in [1.82, 2.24) is 0 Å². The van der Waals surface area contributed by atoms with Crippen LogP contribution in [0.5, 0.6) is 0 Å². The van der Waals surface area contributed by atoms with Crippen molar-refractivity contribution in [3.8, 4) is 0 Å². The second-order valence-corrected chi connectivity index (χ2v) is 4.94. The first-order valence-electron chi connectivity index (χ1n) is 5.21. The number of hydrogen-bond acceptors (Lipinski definition) is 2. The normalized spacial score (nSPS) is 10.9. The van der Waals surface area contributed by atoms with Gasteiger partial charge in [0.05, 0.1) is 6.61 Å². The van der Waals surface area contributed by atoms with Gasteiger partial charge in [0.1, 0.15) is 0 Å². The number of halogens is 1. The molecule has 84 valence electrons. The van der Waals surface area contributed by atoms with E-state index in [1.54, 1.807) is 0 Å². The highest BCUT2D eigenvalue weighted by Crippen LogP contribution is 2.20. The van der Waals surface area contributed by atoms with Crippen LogP contribution in [0.15, 0.2) is 22.7 Å². The lowest BCUT2D eigenvalue weighted by Gasteiger charge is -2.08. The van der Waals surface area contributed by atoms with E-state index in [1.807, 2.05) is 18.2 Å². The summed E-state index contributed by atoms with van der Waals surface area (Å²) in [4.78, 5) is 0. The van der Waals surface area contributed by atoms with Gasteiger partial charge in [0, 0.05) is 16.8 Å². The molecule has 15 heavy (non-hydrogen) atoms. The number of anilines is 1. The summed E-state index contributed by atoms with van der Waals surface area (Å²) in [6.07, 6.45) is 1.10. The quantitative estimate of drug-likeness (QED) is 0.656. The molecule has 2 nitrogen and oxygen atoms in total. The van der Waals surface area contributed by atoms with Gasteiger partial charge < -0.3 is 10.5 Å². The van der Waals surface area contributed by atoms with E-state index < -0.39 is 0 Å². The van der Waals surface area contributed by atoms with E-state index in [0.717, 1.165) is 28.8 Å². The standard InChI is InChI=1S/C12H18BrNO/c1-9(2)5-6-15-8-10-3-4-11(14)7-12(10)13/h3-4,7,9H,5-6,8,14H2,1-2H3. The van der Waals surface area contributed by atoms with Gasteiger partial charge in [-0.1, -0.05) is 35.8 Å². The van der Waals surface area contributed by atoms with Gasteiger partial charge in [-0.25, -0.2) is 0 Å². The Kier molecular flexibility index (Phi) is 5.12. The van der Waals surface area contributed by atoms with Crippen molar-refractivity contribution in [2.45, 2.75) is 26.9 Å². The fourth-order valence-electron chi connectivity index (χ4n) is 1.18. The van der Waals surface area contributed by atoms with Gasteiger partial charge in [-0.2, -0.15) is 0 Å². The van der Waals surface area contributed by atoms with Crippen LogP contribution in [-0.4, -0.2) is 6.61 Å². The average molecular weight is 272 g/mol. The van der Waals surface area contributed by atoms with Gasteiger partial charge in [0.15, 0.2) is 0 Å². The number of rotatable bonds is 5. The molecule has 0 aliphatic carbocycles. The van der Waals surface area contributed by atoms with E-state index in [9.17, 15) is 0 Å². The maximum atomic E-state index is 5.65. The maximum Gasteiger partial charge on any atom is 0.0727 e. The molecule has 0 fully saturated rings. The fourth-order valence-corrected chi connectivity index (χ4v) is 1.69. The first-order chi connectivity index (χ1) is 7.09. The first-order valence-corrected chi connectivity index (χ1v) is 6.00. The van der Waals surface area contributed by atoms with E-state index in [-0.39, 0.29) is 0 Å². The lowest BCUT2D eigenvalue weighted by atomic mass is 10.1. The predicted octanol–water partition coefficient (Wildman–Crippen LogP) is 3.59. The lowest BCUT2D eigenvalue weighted by molar-refractivity contribution is 0.110. The third-order valence-electron chi connectivity index (χ3n) is 2.17. The SMILES string of the molecule is CC(C)CCOCc1ccc(N)cc1Br. The molecule has 1 aromatic rings. The van der Waals surface area contributed by atoms with Crippen molar-refractivity contribution in [2.24, 2.45) is 5.92 Å². The molecule has 0 saturated heterocycles. The molecule has 0 aliphatic rings. The molecule has 0 radical (unpaired) electrons. The zero-order chi connectivity index (χ0) is 11.3. The Morgan fingerprint density at radius 2 is 2.13 bits per heavy atom. The average Bonchev–Trinajstić information content (AvgIpc) is 2.14. The van der Waals surface area contributed by atoms with Crippen molar-refractivity contribution in [3.63, 3.8) is 0 Å². The Morgan fingerprint density at radius 3 is 2.73 bits per heavy atom. The Bertz CT molecular complexity index is 312. The maximum absolute atomic E-state index is 5.65. The minimum absolute atomic E-state index is 0.646. The molecule has 1 aromatic carbocycles. The van der Waals surface area contributed by atoms with Crippen molar-refractivity contribution in [3.05, 3.63) is 28.2 Å². The van der Waals surface area contributed by atoms with Crippen LogP contribution >= 0.6 is 15.9 Å². The van der Waals surface area contributed by atoms with Gasteiger partial charge in [0.25, 0.3) is 0 Å². The monoisotopic (exact) mass is 271 g/mol. The first kappa shape index (κ1) is 12.5. The summed E-state index contributed by atoms with van der Waals surface area (Å²) in [5.41, 5.74) is 7.57. The summed E-state index contributed by atoms with van der Waals surface area (Å²) in [6.45, 7) is 5.85. The molecule has 0 heterocycles. The van der Waals surface area contributed by atoms with Crippen LogP contribution in [0.4, 0.5) is 5.69 Å². The Morgan fingerprint density at radius 1 is 1.40 bits per heavy atom. The van der Waals surface area contributed by atoms with Gasteiger partial charge in [0.2, 0.25) is 0 Å². The molecule has 0 saturated carbocycles. The summed E-state index contributed by atoms with van der Waals surface area (Å²) < 4.78 is 6.60. The molecule has 0 aliphatic heterocycles. The molecular weight excluding hydrogens is 254 g/mol. The zero-order valence-corrected chi connectivity index (χ0v) is 10.9. The van der Waals surface area contributed by atoms with Crippen LogP contribution in [0.25, 0.3) is 0 Å². The van der Waals surface area contributed by atoms with Crippen LogP contribution in [0.1, 0.15) is 25.8 Å². The van der Waals surface area contributed by atoms with E-state index >= 15 is 0 Å². The Labute approximate surface area is 99.9 Å². The highest BCUT2D eigenvalue weighted by atomic mass is 79.9. The van der Waals surface area contributed by atoms with Crippen molar-refractivity contribution in [1.29, 1.82) is 0 Å². The van der Waals surface area contributed by atoms with Crippen LogP contribution in [0.3, 0.4) is 0 Å². The van der Waals surface area contributed by atoms with Crippen LogP contribution in [0.2, 0.25) is 0 Å². The Hall–Kier alpha value is -0.540. The van der Waals surface area contributed by atoms with Crippen molar-refractivity contribution < 1.29 is 4.74 Å². The summed E-state index contributed by atoms with van der Waals surface area (Å²) in [5, 5.41) is 0. The second-order valence-electron chi connectivity index (χ2n) is 4.09. The minimum Gasteiger partial charge on any atom is -0.399 e. The highest BCUT2D eigenvalue weighted by molar-refractivity contribution is 9.10. The molecule has 0 unspecified atom stereocenters. The molecular formula is C12H18BrNO. The van der Waals surface area contributed by atoms with Gasteiger partial charge in [-0.3, -0.25) is 0 Å². The Balaban J connectivity index is 2.37. The number of nitrogens with two attached hydrogens (primary N) is 1. The summed E-state index contributed by atoms with van der Waals surface area (Å²) in [6, 6.07) is 5.79. The van der Waals surface area contributed by atoms with Crippen molar-refractivity contribution in [2.75, 3.05) is 12.3 Å². The van der Waals surface area contributed by atoms with Crippen molar-refractivity contribution >= 4 is 21.6 Å². The van der Waals surface area contributed by atoms with E-state index in [1.165, 1.54) is 0 Å². The molecule has 0 spiro atoms. The number of hydrogen-bond donors (Lipinski definition) is 1. The second kappa shape index (κ2) is 6.13. The van der Waals surface area contributed by atoms with E-state index in [4.69, 9.17) is 10.5 Å². The van der Waals surface area contributed by atoms with E-state index in [2.05, 4.69) is 29.8 Å². The zero-order valence-electron chi connectivity index (χ0n) is 9.29. The third kappa shape index (κ3) is 4.67. The molecule has 0 aromatic heterocycles. The molecule has 0 bridgehead atoms. The fraction of sp³-hybridized carbons (Fsp3) is 0.500. The topological polar surface area (TPSA) is 35.2 Å². The largest absolute Gasteiger partial charge is 0.399 e. The predicted molar refractivity (Wildman–Crippen MR) is 67.7 cm³/mol. The molecule has 2 N–H and O–H groups in total. The number of nitrogen functional groups attached to an aromatic ring is 1. The third-order valence-corrected chi connectivity index (χ3v) is 2.91. The van der Waals surface area contributed by atoms with Gasteiger partial charge >= 0.3 is 0 Å². The summed E-state index contributed by atoms with van der Waals surface area (Å²) in [5.74, 6) is 0.694. The molecule has 0 atom stereocenters. The highest BCUT2D eigenvalue weighted by Gasteiger charge is 2.00. The minimum atomic E-state index is 0.646. The number of ether oxygens (including phenoxy) is 1. The van der Waals surface area contributed by atoms with E-state index in [0.29, 0.717) is 12.5 Å². The van der Waals surface area contributed by atoms with Crippen LogP contribution < -0.4 is 5.73 Å². The molecule has 1 rings (SSSR count). The van der Waals surface area contributed by atoms with Crippen LogP contribution in [-0.2, 0) is 11.3 Å². The smallest absolute Gasteiger partial charge is 0.0727 e.